The van der Waals surface area contributed by atoms with E-state index in [1.807, 2.05) is 3.80 Å². The minimum absolute atomic E-state index is 0.292. The first kappa shape index (κ1) is 11.9. The molecule has 0 unspecified atom stereocenters. The first-order chi connectivity index (χ1) is 5.35. The molecule has 0 fully saturated rings. The molecule has 0 atom stereocenters. The molecule has 7 heteroatoms. The summed E-state index contributed by atoms with van der Waals surface area (Å²) >= 11 is 0.217. The molecule has 0 aliphatic heterocycles. The zero-order valence-corrected chi connectivity index (χ0v) is 10.7. The first-order valence-corrected chi connectivity index (χ1v) is 8.42. The van der Waals surface area contributed by atoms with E-state index in [0.29, 0.717) is 4.61 Å². The Morgan fingerprint density at radius 2 is 2.55 bits per heavy atom. The summed E-state index contributed by atoms with van der Waals surface area (Å²) in [7, 11) is 1.00. The van der Waals surface area contributed by atoms with Crippen molar-refractivity contribution < 1.29 is 9.63 Å². The van der Waals surface area contributed by atoms with Crippen molar-refractivity contribution in [1.29, 1.82) is 0 Å². The number of carbonyl (C=O) groups is 1. The van der Waals surface area contributed by atoms with Gasteiger partial charge in [-0.3, -0.25) is 0 Å². The Labute approximate surface area is 87.6 Å². The summed E-state index contributed by atoms with van der Waals surface area (Å²) < 4.78 is 7.09. The molecule has 11 heavy (non-hydrogen) atoms. The Hall–Kier alpha value is 0.890. The van der Waals surface area contributed by atoms with Crippen LogP contribution in [0.4, 0.5) is 0 Å². The zero-order chi connectivity index (χ0) is 8.53. The van der Waals surface area contributed by atoms with E-state index >= 15 is 0 Å². The molecule has 0 aromatic rings. The summed E-state index contributed by atoms with van der Waals surface area (Å²) in [5.74, 6) is 6.50. The number of alkyl halides is 1. The molecule has 0 amide bonds. The zero-order valence-electron chi connectivity index (χ0n) is 5.48. The van der Waals surface area contributed by atoms with Crippen molar-refractivity contribution in [2.75, 3.05) is 4.61 Å². The molecule has 0 aliphatic carbocycles. The van der Waals surface area contributed by atoms with Crippen LogP contribution in [0.2, 0.25) is 0 Å². The normalized spacial score (nSPS) is 12.7. The first-order valence-electron chi connectivity index (χ1n) is 2.41. The Bertz CT molecular complexity index is 164. The maximum absolute atomic E-state index is 10.3. The van der Waals surface area contributed by atoms with Crippen LogP contribution >= 0.6 is 50.9 Å². The molecule has 0 heterocycles. The Morgan fingerprint density at radius 1 is 1.82 bits per heavy atom. The van der Waals surface area contributed by atoms with E-state index in [0.717, 1.165) is 12.5 Å². The summed E-state index contributed by atoms with van der Waals surface area (Å²) in [5.41, 5.74) is 0. The van der Waals surface area contributed by atoms with Crippen LogP contribution in [0.5, 0.6) is 0 Å². The van der Waals surface area contributed by atoms with Crippen molar-refractivity contribution >= 4 is 64.9 Å². The predicted molar refractivity (Wildman–Crippen MR) is 66.4 cm³/mol. The van der Waals surface area contributed by atoms with Crippen LogP contribution in [-0.4, -0.2) is 18.7 Å². The van der Waals surface area contributed by atoms with Gasteiger partial charge < -0.3 is 0 Å². The summed E-state index contributed by atoms with van der Waals surface area (Å²) in [6.45, 7) is 0. The molecule has 0 radical (unpaired) electrons. The quantitative estimate of drug-likeness (QED) is 0.145. The van der Waals surface area contributed by atoms with Crippen molar-refractivity contribution in [3.05, 3.63) is 0 Å². The van der Waals surface area contributed by atoms with Crippen LogP contribution in [0, 0.1) is 0 Å². The number of carbonyl (C=O) groups excluding carboxylic acids is 1. The molecule has 0 aromatic carbocycles. The van der Waals surface area contributed by atoms with Crippen molar-refractivity contribution in [2.45, 2.75) is 0 Å². The average molecular weight is 400 g/mol. The number of nitrogens with zero attached hydrogens (tertiary/aromatic N) is 1. The molecule has 4 nitrogen and oxygen atoms in total. The third-order valence-electron chi connectivity index (χ3n) is 0.570. The van der Waals surface area contributed by atoms with Crippen molar-refractivity contribution in [3.8, 4) is 0 Å². The van der Waals surface area contributed by atoms with E-state index in [1.165, 1.54) is 0 Å². The maximum atomic E-state index is 10.3. The second kappa shape index (κ2) is 8.98. The Kier molecular flexibility index (Phi) is 9.71. The minimum atomic E-state index is -1.90. The van der Waals surface area contributed by atoms with Crippen molar-refractivity contribution in [2.24, 2.45) is 9.10 Å². The van der Waals surface area contributed by atoms with Gasteiger partial charge in [0.25, 0.3) is 0 Å². The number of rotatable bonds is 5. The van der Waals surface area contributed by atoms with Gasteiger partial charge in [0.2, 0.25) is 0 Å². The van der Waals surface area contributed by atoms with E-state index in [1.54, 1.807) is 5.96 Å². The molecule has 0 aliphatic rings. The second-order valence-corrected chi connectivity index (χ2v) is 7.40. The number of halogens is 2. The fourth-order valence-electron chi connectivity index (χ4n) is 0.248. The fraction of sp³-hybridized carbons (Fsp3) is 0.250. The molecule has 0 aromatic heterocycles. The van der Waals surface area contributed by atoms with Crippen LogP contribution < -0.4 is 5.90 Å². The molecular formula is C4H7I2N2O2P. The monoisotopic (exact) mass is 400 g/mol. The molecular weight excluding hydrogens is 393 g/mol. The standard InChI is InChI=1S/C4H7I2N2O2P/c5-1-11-4-8-6(2-9)3-10-7/h1-2,4H,3,7H2. The van der Waals surface area contributed by atoms with Gasteiger partial charge in [-0.05, 0) is 0 Å². The molecule has 0 rings (SSSR count). The summed E-state index contributed by atoms with van der Waals surface area (Å²) in [4.78, 5) is 14.6. The SMILES string of the molecule is NOCI(C=O)N=CP=CI. The average Bonchev–Trinajstić information content (AvgIpc) is 2.03. The molecule has 0 saturated heterocycles. The van der Waals surface area contributed by atoms with E-state index < -0.39 is 20.1 Å². The van der Waals surface area contributed by atoms with Crippen molar-refractivity contribution in [3.63, 3.8) is 0 Å². The van der Waals surface area contributed by atoms with Crippen LogP contribution in [0.15, 0.2) is 3.21 Å². The number of hydrogen-bond acceptors (Lipinski definition) is 4. The predicted octanol–water partition coefficient (Wildman–Crippen LogP) is 1.61. The van der Waals surface area contributed by atoms with E-state index in [9.17, 15) is 4.79 Å². The Morgan fingerprint density at radius 3 is 3.00 bits per heavy atom. The van der Waals surface area contributed by atoms with Gasteiger partial charge >= 0.3 is 88.3 Å². The topological polar surface area (TPSA) is 64.7 Å². The van der Waals surface area contributed by atoms with Gasteiger partial charge in [-0.15, -0.1) is 0 Å². The van der Waals surface area contributed by atoms with Gasteiger partial charge in [-0.2, -0.15) is 0 Å². The molecule has 0 spiro atoms. The van der Waals surface area contributed by atoms with Gasteiger partial charge in [0, 0.05) is 0 Å². The van der Waals surface area contributed by atoms with Gasteiger partial charge in [-0.25, -0.2) is 0 Å². The van der Waals surface area contributed by atoms with E-state index in [4.69, 9.17) is 5.90 Å². The van der Waals surface area contributed by atoms with Crippen LogP contribution in [0.1, 0.15) is 0 Å². The number of hydrogen-bond donors (Lipinski definition) is 1. The second-order valence-electron chi connectivity index (χ2n) is 1.20. The van der Waals surface area contributed by atoms with Gasteiger partial charge in [0.1, 0.15) is 0 Å². The summed E-state index contributed by atoms with van der Waals surface area (Å²) in [6.07, 6.45) is 0. The van der Waals surface area contributed by atoms with Gasteiger partial charge in [-0.1, -0.05) is 0 Å². The third kappa shape index (κ3) is 7.26. The van der Waals surface area contributed by atoms with Gasteiger partial charge in [0.15, 0.2) is 0 Å². The molecule has 0 bridgehead atoms. The molecule has 0 saturated carbocycles. The van der Waals surface area contributed by atoms with Crippen molar-refractivity contribution in [1.82, 2.24) is 0 Å². The molecule has 64 valence electrons. The van der Waals surface area contributed by atoms with Gasteiger partial charge in [0.05, 0.1) is 0 Å². The third-order valence-corrected chi connectivity index (χ3v) is 4.92. The Balaban J connectivity index is 3.75. The van der Waals surface area contributed by atoms with E-state index in [-0.39, 0.29) is 0 Å². The van der Waals surface area contributed by atoms with E-state index in [2.05, 4.69) is 30.6 Å². The summed E-state index contributed by atoms with van der Waals surface area (Å²) in [5, 5.41) is 0. The van der Waals surface area contributed by atoms with Crippen LogP contribution in [-0.2, 0) is 9.63 Å². The number of nitrogens with two attached hydrogens (primary N) is 1. The van der Waals surface area contributed by atoms with Crippen LogP contribution in [0.25, 0.3) is 0 Å². The molecule has 2 N–H and O–H groups in total. The fourth-order valence-corrected chi connectivity index (χ4v) is 3.09. The van der Waals surface area contributed by atoms with Crippen LogP contribution in [0.3, 0.4) is 0 Å². The summed E-state index contributed by atoms with van der Waals surface area (Å²) in [6, 6.07) is 0.